The fourth-order valence-corrected chi connectivity index (χ4v) is 2.82. The summed E-state index contributed by atoms with van der Waals surface area (Å²) in [6.07, 6.45) is 13.3. The second kappa shape index (κ2) is 7.10. The Kier molecular flexibility index (Phi) is 4.72. The summed E-state index contributed by atoms with van der Waals surface area (Å²) in [6, 6.07) is 7.81. The van der Waals surface area contributed by atoms with E-state index in [1.807, 2.05) is 50.4 Å². The summed E-state index contributed by atoms with van der Waals surface area (Å²) in [5.41, 5.74) is 2.81. The molecule has 1 atom stereocenters. The molecule has 1 unspecified atom stereocenters. The maximum absolute atomic E-state index is 5.77. The van der Waals surface area contributed by atoms with Crippen molar-refractivity contribution < 1.29 is 9.47 Å². The first kappa shape index (κ1) is 15.9. The average Bonchev–Trinajstić information content (AvgIpc) is 2.62. The van der Waals surface area contributed by atoms with Crippen LogP contribution in [0, 0.1) is 12.3 Å². The van der Waals surface area contributed by atoms with Crippen LogP contribution in [0.3, 0.4) is 0 Å². The zero-order chi connectivity index (χ0) is 16.9. The highest BCUT2D eigenvalue weighted by atomic mass is 16.5. The van der Waals surface area contributed by atoms with E-state index in [1.54, 1.807) is 6.34 Å². The van der Waals surface area contributed by atoms with Gasteiger partial charge < -0.3 is 14.4 Å². The van der Waals surface area contributed by atoms with E-state index in [2.05, 4.69) is 21.9 Å². The molecule has 0 N–H and O–H groups in total. The van der Waals surface area contributed by atoms with Crippen LogP contribution in [-0.4, -0.2) is 25.6 Å². The SMILES string of the molecule is C#Cc1ccccc1N1C=NC=C2C=C(OCC)C(OCC)=CC21. The Labute approximate surface area is 142 Å². The number of hydrogen-bond donors (Lipinski definition) is 0. The Morgan fingerprint density at radius 2 is 1.92 bits per heavy atom. The van der Waals surface area contributed by atoms with Crippen LogP contribution in [0.15, 0.2) is 64.7 Å². The highest BCUT2D eigenvalue weighted by molar-refractivity contribution is 5.86. The maximum Gasteiger partial charge on any atom is 0.161 e. The van der Waals surface area contributed by atoms with Crippen molar-refractivity contribution in [1.29, 1.82) is 0 Å². The molecule has 122 valence electrons. The van der Waals surface area contributed by atoms with Crippen LogP contribution >= 0.6 is 0 Å². The lowest BCUT2D eigenvalue weighted by Gasteiger charge is -2.34. The van der Waals surface area contributed by atoms with Gasteiger partial charge in [-0.15, -0.1) is 6.42 Å². The van der Waals surface area contributed by atoms with Gasteiger partial charge in [0.1, 0.15) is 0 Å². The van der Waals surface area contributed by atoms with Crippen molar-refractivity contribution >= 4 is 12.0 Å². The van der Waals surface area contributed by atoms with Crippen LogP contribution in [0.2, 0.25) is 0 Å². The summed E-state index contributed by atoms with van der Waals surface area (Å²) in [7, 11) is 0. The molecule has 1 aromatic carbocycles. The Bertz CT molecular complexity index is 781. The summed E-state index contributed by atoms with van der Waals surface area (Å²) in [6.45, 7) is 5.08. The van der Waals surface area contributed by atoms with Gasteiger partial charge in [-0.05, 0) is 38.1 Å². The number of para-hydroxylation sites is 1. The van der Waals surface area contributed by atoms with Gasteiger partial charge in [-0.2, -0.15) is 0 Å². The fraction of sp³-hybridized carbons (Fsp3) is 0.250. The highest BCUT2D eigenvalue weighted by Crippen LogP contribution is 2.33. The molecule has 4 nitrogen and oxygen atoms in total. The molecule has 0 spiro atoms. The number of ether oxygens (including phenoxy) is 2. The lowest BCUT2D eigenvalue weighted by atomic mass is 9.97. The number of hydrogen-bond acceptors (Lipinski definition) is 4. The maximum atomic E-state index is 5.77. The van der Waals surface area contributed by atoms with Gasteiger partial charge in [-0.1, -0.05) is 18.1 Å². The topological polar surface area (TPSA) is 34.1 Å². The standard InChI is InChI=1S/C20H20N2O2/c1-4-15-9-7-8-10-17(15)22-14-21-13-16-11-19(23-5-2)20(24-6-3)12-18(16)22/h1,7-14,18H,5-6H2,2-3H3. The lowest BCUT2D eigenvalue weighted by Crippen LogP contribution is -2.38. The van der Waals surface area contributed by atoms with E-state index in [1.165, 1.54) is 0 Å². The first-order chi connectivity index (χ1) is 11.8. The Hall–Kier alpha value is -2.93. The van der Waals surface area contributed by atoms with Crippen molar-refractivity contribution in [3.05, 3.63) is 65.3 Å². The molecule has 0 amide bonds. The van der Waals surface area contributed by atoms with Crippen molar-refractivity contribution in [2.24, 2.45) is 4.99 Å². The number of rotatable bonds is 5. The molecule has 1 aromatic rings. The number of aliphatic imine (C=N–C) groups is 1. The number of nitrogens with zero attached hydrogens (tertiary/aromatic N) is 2. The van der Waals surface area contributed by atoms with E-state index < -0.39 is 0 Å². The first-order valence-corrected chi connectivity index (χ1v) is 8.05. The van der Waals surface area contributed by atoms with Crippen molar-refractivity contribution in [1.82, 2.24) is 0 Å². The number of fused-ring (bicyclic) bond motifs is 1. The Morgan fingerprint density at radius 1 is 1.17 bits per heavy atom. The summed E-state index contributed by atoms with van der Waals surface area (Å²) < 4.78 is 11.5. The minimum Gasteiger partial charge on any atom is -0.490 e. The molecule has 1 aliphatic carbocycles. The summed E-state index contributed by atoms with van der Waals surface area (Å²) in [5.74, 6) is 4.23. The van der Waals surface area contributed by atoms with E-state index >= 15 is 0 Å². The second-order valence-corrected chi connectivity index (χ2v) is 5.31. The molecular weight excluding hydrogens is 300 g/mol. The van der Waals surface area contributed by atoms with E-state index in [4.69, 9.17) is 15.9 Å². The van der Waals surface area contributed by atoms with Crippen LogP contribution < -0.4 is 4.90 Å². The van der Waals surface area contributed by atoms with E-state index in [9.17, 15) is 0 Å². The molecule has 0 aromatic heterocycles. The summed E-state index contributed by atoms with van der Waals surface area (Å²) >= 11 is 0. The molecule has 0 saturated carbocycles. The fourth-order valence-electron chi connectivity index (χ4n) is 2.82. The normalized spacial score (nSPS) is 18.8. The van der Waals surface area contributed by atoms with Gasteiger partial charge in [-0.25, -0.2) is 4.99 Å². The van der Waals surface area contributed by atoms with Crippen LogP contribution in [0.5, 0.6) is 0 Å². The number of benzene rings is 1. The molecule has 1 heterocycles. The van der Waals surface area contributed by atoms with Gasteiger partial charge in [0.25, 0.3) is 0 Å². The largest absolute Gasteiger partial charge is 0.490 e. The third-order valence-corrected chi connectivity index (χ3v) is 3.84. The van der Waals surface area contributed by atoms with Gasteiger partial charge in [0.05, 0.1) is 31.3 Å². The number of anilines is 1. The third kappa shape index (κ3) is 2.93. The average molecular weight is 320 g/mol. The third-order valence-electron chi connectivity index (χ3n) is 3.84. The molecule has 0 radical (unpaired) electrons. The minimum absolute atomic E-state index is 0.0252. The van der Waals surface area contributed by atoms with Crippen LogP contribution in [0.4, 0.5) is 5.69 Å². The molecule has 0 saturated heterocycles. The van der Waals surface area contributed by atoms with E-state index in [-0.39, 0.29) is 6.04 Å². The smallest absolute Gasteiger partial charge is 0.161 e. The molecule has 4 heteroatoms. The molecule has 2 aliphatic rings. The number of terminal acetylenes is 1. The molecule has 0 fully saturated rings. The van der Waals surface area contributed by atoms with Crippen LogP contribution in [0.1, 0.15) is 19.4 Å². The summed E-state index contributed by atoms with van der Waals surface area (Å²) in [4.78, 5) is 6.42. The first-order valence-electron chi connectivity index (χ1n) is 8.05. The molecule has 0 bridgehead atoms. The minimum atomic E-state index is -0.0252. The van der Waals surface area contributed by atoms with E-state index in [0.29, 0.717) is 13.2 Å². The summed E-state index contributed by atoms with van der Waals surface area (Å²) in [5, 5.41) is 0. The predicted octanol–water partition coefficient (Wildman–Crippen LogP) is 3.62. The Morgan fingerprint density at radius 3 is 2.67 bits per heavy atom. The predicted molar refractivity (Wildman–Crippen MR) is 96.6 cm³/mol. The zero-order valence-electron chi connectivity index (χ0n) is 13.9. The quantitative estimate of drug-likeness (QED) is 0.777. The Balaban J connectivity index is 2.01. The lowest BCUT2D eigenvalue weighted by molar-refractivity contribution is 0.162. The zero-order valence-corrected chi connectivity index (χ0v) is 13.9. The van der Waals surface area contributed by atoms with Gasteiger partial charge in [0.2, 0.25) is 0 Å². The van der Waals surface area contributed by atoms with Crippen molar-refractivity contribution in [2.75, 3.05) is 18.1 Å². The molecule has 24 heavy (non-hydrogen) atoms. The van der Waals surface area contributed by atoms with Gasteiger partial charge in [0, 0.05) is 17.3 Å². The molecular formula is C20H20N2O2. The van der Waals surface area contributed by atoms with Gasteiger partial charge in [-0.3, -0.25) is 0 Å². The monoisotopic (exact) mass is 320 g/mol. The second-order valence-electron chi connectivity index (χ2n) is 5.31. The van der Waals surface area contributed by atoms with Crippen molar-refractivity contribution in [3.63, 3.8) is 0 Å². The van der Waals surface area contributed by atoms with Gasteiger partial charge >= 0.3 is 0 Å². The van der Waals surface area contributed by atoms with E-state index in [0.717, 1.165) is 28.3 Å². The van der Waals surface area contributed by atoms with Crippen LogP contribution in [0.25, 0.3) is 0 Å². The van der Waals surface area contributed by atoms with Crippen molar-refractivity contribution in [3.8, 4) is 12.3 Å². The molecule has 3 rings (SSSR count). The highest BCUT2D eigenvalue weighted by Gasteiger charge is 2.29. The molecule has 1 aliphatic heterocycles. The van der Waals surface area contributed by atoms with Gasteiger partial charge in [0.15, 0.2) is 11.5 Å². The van der Waals surface area contributed by atoms with Crippen molar-refractivity contribution in [2.45, 2.75) is 19.9 Å². The van der Waals surface area contributed by atoms with Crippen LogP contribution in [-0.2, 0) is 9.47 Å².